The largest absolute Gasteiger partial charge is 0.360 e. The molecule has 2 N–H and O–H groups in total. The molecule has 1 heterocycles. The molecule has 4 heteroatoms. The van der Waals surface area contributed by atoms with Crippen molar-refractivity contribution in [1.29, 1.82) is 0 Å². The van der Waals surface area contributed by atoms with Crippen molar-refractivity contribution in [1.82, 2.24) is 10.3 Å². The van der Waals surface area contributed by atoms with Gasteiger partial charge in [0.1, 0.15) is 0 Å². The number of carbonyl (C=O) groups is 1. The number of fused-ring (bicyclic) bond motifs is 1. The molecule has 0 spiro atoms. The number of rotatable bonds is 4. The van der Waals surface area contributed by atoms with Gasteiger partial charge in [-0.15, -0.1) is 0 Å². The standard InChI is InChI=1S/C13H15ClN2O/c1-8(2)15-7-13(17)11-6-16-12-5-9(14)3-4-10(11)12/h3-6,8,15-16H,7H2,1-2H3. The molecular formula is C13H15ClN2O. The molecule has 0 atom stereocenters. The monoisotopic (exact) mass is 250 g/mol. The number of aromatic nitrogens is 1. The lowest BCUT2D eigenvalue weighted by atomic mass is 10.1. The molecule has 1 aromatic heterocycles. The van der Waals surface area contributed by atoms with Crippen LogP contribution in [0.3, 0.4) is 0 Å². The second kappa shape index (κ2) is 4.90. The van der Waals surface area contributed by atoms with Gasteiger partial charge in [-0.05, 0) is 12.1 Å². The summed E-state index contributed by atoms with van der Waals surface area (Å²) >= 11 is 5.89. The van der Waals surface area contributed by atoms with E-state index in [-0.39, 0.29) is 5.78 Å². The van der Waals surface area contributed by atoms with Crippen molar-refractivity contribution in [3.63, 3.8) is 0 Å². The Hall–Kier alpha value is -1.32. The van der Waals surface area contributed by atoms with E-state index in [4.69, 9.17) is 11.6 Å². The first-order valence-corrected chi connectivity index (χ1v) is 5.99. The van der Waals surface area contributed by atoms with Gasteiger partial charge in [0.2, 0.25) is 0 Å². The van der Waals surface area contributed by atoms with E-state index >= 15 is 0 Å². The molecule has 2 rings (SSSR count). The maximum atomic E-state index is 12.0. The number of H-pyrrole nitrogens is 1. The lowest BCUT2D eigenvalue weighted by Crippen LogP contribution is -2.29. The van der Waals surface area contributed by atoms with Gasteiger partial charge >= 0.3 is 0 Å². The van der Waals surface area contributed by atoms with E-state index in [0.29, 0.717) is 23.2 Å². The van der Waals surface area contributed by atoms with Crippen LogP contribution in [-0.2, 0) is 0 Å². The number of ketones is 1. The molecule has 3 nitrogen and oxygen atoms in total. The van der Waals surface area contributed by atoms with Gasteiger partial charge in [0.05, 0.1) is 6.54 Å². The highest BCUT2D eigenvalue weighted by Gasteiger charge is 2.12. The summed E-state index contributed by atoms with van der Waals surface area (Å²) in [6, 6.07) is 5.80. The van der Waals surface area contributed by atoms with Gasteiger partial charge < -0.3 is 10.3 Å². The lowest BCUT2D eigenvalue weighted by Gasteiger charge is -2.06. The SMILES string of the molecule is CC(C)NCC(=O)c1c[nH]c2cc(Cl)ccc12. The molecule has 0 saturated carbocycles. The van der Waals surface area contributed by atoms with Crippen molar-refractivity contribution in [3.8, 4) is 0 Å². The van der Waals surface area contributed by atoms with Crippen LogP contribution < -0.4 is 5.32 Å². The molecule has 0 bridgehead atoms. The Morgan fingerprint density at radius 1 is 1.47 bits per heavy atom. The second-order valence-electron chi connectivity index (χ2n) is 4.35. The van der Waals surface area contributed by atoms with Crippen molar-refractivity contribution in [2.45, 2.75) is 19.9 Å². The van der Waals surface area contributed by atoms with Gasteiger partial charge in [-0.1, -0.05) is 31.5 Å². The number of hydrogen-bond acceptors (Lipinski definition) is 2. The predicted molar refractivity (Wildman–Crippen MR) is 70.8 cm³/mol. The molecule has 2 aromatic rings. The van der Waals surface area contributed by atoms with Crippen molar-refractivity contribution >= 4 is 28.3 Å². The Balaban J connectivity index is 2.27. The molecule has 17 heavy (non-hydrogen) atoms. The van der Waals surface area contributed by atoms with Crippen molar-refractivity contribution < 1.29 is 4.79 Å². The van der Waals surface area contributed by atoms with Crippen LogP contribution in [0, 0.1) is 0 Å². The zero-order valence-corrected chi connectivity index (χ0v) is 10.6. The highest BCUT2D eigenvalue weighted by molar-refractivity contribution is 6.31. The summed E-state index contributed by atoms with van der Waals surface area (Å²) in [4.78, 5) is 15.1. The fourth-order valence-corrected chi connectivity index (χ4v) is 1.89. The average Bonchev–Trinajstić information content (AvgIpc) is 2.68. The van der Waals surface area contributed by atoms with E-state index in [2.05, 4.69) is 10.3 Å². The number of benzene rings is 1. The van der Waals surface area contributed by atoms with Crippen LogP contribution in [0.2, 0.25) is 5.02 Å². The molecule has 1 aromatic carbocycles. The van der Waals surface area contributed by atoms with Crippen LogP contribution in [0.1, 0.15) is 24.2 Å². The zero-order chi connectivity index (χ0) is 12.4. The first kappa shape index (κ1) is 12.1. The molecule has 90 valence electrons. The molecule has 0 aliphatic rings. The minimum absolute atomic E-state index is 0.0901. The third kappa shape index (κ3) is 2.68. The van der Waals surface area contributed by atoms with E-state index in [1.165, 1.54) is 0 Å². The minimum atomic E-state index is 0.0901. The first-order chi connectivity index (χ1) is 8.08. The van der Waals surface area contributed by atoms with Gasteiger partial charge in [0.25, 0.3) is 0 Å². The topological polar surface area (TPSA) is 44.9 Å². The van der Waals surface area contributed by atoms with Crippen LogP contribution in [-0.4, -0.2) is 23.4 Å². The minimum Gasteiger partial charge on any atom is -0.360 e. The van der Waals surface area contributed by atoms with Crippen LogP contribution in [0.25, 0.3) is 10.9 Å². The summed E-state index contributed by atoms with van der Waals surface area (Å²) in [6.45, 7) is 4.39. The van der Waals surface area contributed by atoms with Gasteiger partial charge in [-0.25, -0.2) is 0 Å². The quantitative estimate of drug-likeness (QED) is 0.820. The molecule has 0 aliphatic carbocycles. The average molecular weight is 251 g/mol. The van der Waals surface area contributed by atoms with E-state index < -0.39 is 0 Å². The fourth-order valence-electron chi connectivity index (χ4n) is 1.72. The molecule has 0 radical (unpaired) electrons. The summed E-state index contributed by atoms with van der Waals surface area (Å²) in [5.74, 6) is 0.0901. The number of halogens is 1. The summed E-state index contributed by atoms with van der Waals surface area (Å²) in [6.07, 6.45) is 1.74. The Kier molecular flexibility index (Phi) is 3.50. The highest BCUT2D eigenvalue weighted by atomic mass is 35.5. The molecule has 0 saturated heterocycles. The van der Waals surface area contributed by atoms with E-state index in [0.717, 1.165) is 10.9 Å². The zero-order valence-electron chi connectivity index (χ0n) is 9.88. The van der Waals surface area contributed by atoms with Gasteiger partial charge in [0, 0.05) is 33.7 Å². The maximum Gasteiger partial charge on any atom is 0.178 e. The lowest BCUT2D eigenvalue weighted by molar-refractivity contribution is 0.0990. The maximum absolute atomic E-state index is 12.0. The van der Waals surface area contributed by atoms with E-state index in [9.17, 15) is 4.79 Å². The van der Waals surface area contributed by atoms with E-state index in [1.54, 1.807) is 12.3 Å². The van der Waals surface area contributed by atoms with Gasteiger partial charge in [-0.2, -0.15) is 0 Å². The van der Waals surface area contributed by atoms with Crippen molar-refractivity contribution in [2.24, 2.45) is 0 Å². The third-order valence-electron chi connectivity index (χ3n) is 2.62. The Morgan fingerprint density at radius 2 is 2.24 bits per heavy atom. The normalized spacial score (nSPS) is 11.3. The van der Waals surface area contributed by atoms with Crippen LogP contribution >= 0.6 is 11.6 Å². The number of Topliss-reactive ketones (excluding diaryl/α,β-unsaturated/α-hetero) is 1. The van der Waals surface area contributed by atoms with Crippen LogP contribution in [0.15, 0.2) is 24.4 Å². The van der Waals surface area contributed by atoms with Crippen LogP contribution in [0.5, 0.6) is 0 Å². The molecule has 0 unspecified atom stereocenters. The van der Waals surface area contributed by atoms with Crippen LogP contribution in [0.4, 0.5) is 0 Å². The Labute approximate surface area is 105 Å². The fraction of sp³-hybridized carbons (Fsp3) is 0.308. The van der Waals surface area contributed by atoms with E-state index in [1.807, 2.05) is 26.0 Å². The Bertz CT molecular complexity index is 545. The summed E-state index contributed by atoms with van der Waals surface area (Å²) in [5, 5.41) is 4.71. The summed E-state index contributed by atoms with van der Waals surface area (Å²) < 4.78 is 0. The smallest absolute Gasteiger partial charge is 0.178 e. The molecular weight excluding hydrogens is 236 g/mol. The summed E-state index contributed by atoms with van der Waals surface area (Å²) in [5.41, 5.74) is 1.61. The molecule has 0 aliphatic heterocycles. The number of carbonyl (C=O) groups excluding carboxylic acids is 1. The molecule has 0 fully saturated rings. The summed E-state index contributed by atoms with van der Waals surface area (Å²) in [7, 11) is 0. The highest BCUT2D eigenvalue weighted by Crippen LogP contribution is 2.22. The number of aromatic amines is 1. The van der Waals surface area contributed by atoms with Gasteiger partial charge in [-0.3, -0.25) is 4.79 Å². The Morgan fingerprint density at radius 3 is 2.94 bits per heavy atom. The molecule has 0 amide bonds. The number of nitrogens with one attached hydrogen (secondary N) is 2. The third-order valence-corrected chi connectivity index (χ3v) is 2.85. The van der Waals surface area contributed by atoms with Gasteiger partial charge in [0.15, 0.2) is 5.78 Å². The first-order valence-electron chi connectivity index (χ1n) is 5.61. The predicted octanol–water partition coefficient (Wildman–Crippen LogP) is 3.00. The number of hydrogen-bond donors (Lipinski definition) is 2. The van der Waals surface area contributed by atoms with Crippen molar-refractivity contribution in [3.05, 3.63) is 35.0 Å². The van der Waals surface area contributed by atoms with Crippen molar-refractivity contribution in [2.75, 3.05) is 6.54 Å². The second-order valence-corrected chi connectivity index (χ2v) is 4.79.